The number of amides is 4. The molecule has 0 aromatic heterocycles. The molecular weight excluding hydrogens is 272 g/mol. The maximum absolute atomic E-state index is 12.2. The molecule has 4 amide bonds. The van der Waals surface area contributed by atoms with Gasteiger partial charge in [0.25, 0.3) is 0 Å². The van der Waals surface area contributed by atoms with E-state index < -0.39 is 0 Å². The summed E-state index contributed by atoms with van der Waals surface area (Å²) in [5.41, 5.74) is 0. The van der Waals surface area contributed by atoms with Crippen LogP contribution in [0.25, 0.3) is 0 Å². The Balaban J connectivity index is 1.77. The van der Waals surface area contributed by atoms with Gasteiger partial charge in [0.1, 0.15) is 6.54 Å². The van der Waals surface area contributed by atoms with Crippen molar-refractivity contribution < 1.29 is 14.4 Å². The van der Waals surface area contributed by atoms with Crippen LogP contribution in [0.4, 0.5) is 4.79 Å². The van der Waals surface area contributed by atoms with Gasteiger partial charge in [0.2, 0.25) is 11.8 Å². The smallest absolute Gasteiger partial charge is 0.326 e. The lowest BCUT2D eigenvalue weighted by atomic mass is 10.1. The van der Waals surface area contributed by atoms with Crippen molar-refractivity contribution >= 4 is 17.8 Å². The van der Waals surface area contributed by atoms with Crippen molar-refractivity contribution in [3.8, 4) is 0 Å². The standard InChI is InChI=1S/C14H24N4O3/c1-10-7-17(8-11(2)15-10)12(19)5-4-6-18-13(20)9-16(3)14(18)21/h10-11,15H,4-9H2,1-3H3. The zero-order valence-corrected chi connectivity index (χ0v) is 13.0. The Bertz CT molecular complexity index is 430. The zero-order valence-electron chi connectivity index (χ0n) is 13.0. The lowest BCUT2D eigenvalue weighted by Crippen LogP contribution is -2.55. The molecule has 2 rings (SSSR count). The van der Waals surface area contributed by atoms with Gasteiger partial charge in [-0.15, -0.1) is 0 Å². The SMILES string of the molecule is CC1CN(C(=O)CCCN2C(=O)CN(C)C2=O)CC(C)N1. The Hall–Kier alpha value is -1.63. The van der Waals surface area contributed by atoms with E-state index in [0.717, 1.165) is 0 Å². The normalized spacial score (nSPS) is 26.7. The van der Waals surface area contributed by atoms with Crippen LogP contribution in [-0.4, -0.2) is 77.9 Å². The molecule has 7 heteroatoms. The van der Waals surface area contributed by atoms with Crippen molar-refractivity contribution in [1.29, 1.82) is 0 Å². The topological polar surface area (TPSA) is 73.0 Å². The van der Waals surface area contributed by atoms with Gasteiger partial charge in [-0.25, -0.2) is 4.79 Å². The van der Waals surface area contributed by atoms with Gasteiger partial charge in [0, 0.05) is 45.2 Å². The highest BCUT2D eigenvalue weighted by atomic mass is 16.2. The monoisotopic (exact) mass is 296 g/mol. The fourth-order valence-electron chi connectivity index (χ4n) is 2.97. The number of carbonyl (C=O) groups is 3. The second-order valence-corrected chi connectivity index (χ2v) is 6.06. The number of nitrogens with one attached hydrogen (secondary N) is 1. The molecule has 2 unspecified atom stereocenters. The average Bonchev–Trinajstić information content (AvgIpc) is 2.63. The van der Waals surface area contributed by atoms with E-state index in [0.29, 0.717) is 44.6 Å². The third kappa shape index (κ3) is 3.72. The Morgan fingerprint density at radius 2 is 1.86 bits per heavy atom. The lowest BCUT2D eigenvalue weighted by Gasteiger charge is -2.36. The molecule has 2 aliphatic rings. The quantitative estimate of drug-likeness (QED) is 0.734. The number of carbonyl (C=O) groups excluding carboxylic acids is 3. The summed E-state index contributed by atoms with van der Waals surface area (Å²) in [6.07, 6.45) is 0.900. The molecule has 0 bridgehead atoms. The molecule has 2 fully saturated rings. The molecule has 0 aromatic carbocycles. The summed E-state index contributed by atoms with van der Waals surface area (Å²) in [5, 5.41) is 3.38. The summed E-state index contributed by atoms with van der Waals surface area (Å²) in [4.78, 5) is 40.0. The number of imide groups is 1. The molecule has 2 aliphatic heterocycles. The number of hydrogen-bond donors (Lipinski definition) is 1. The first kappa shape index (κ1) is 15.8. The van der Waals surface area contributed by atoms with Crippen LogP contribution in [0.1, 0.15) is 26.7 Å². The summed E-state index contributed by atoms with van der Waals surface area (Å²) in [6.45, 7) is 6.02. The number of hydrogen-bond acceptors (Lipinski definition) is 4. The van der Waals surface area contributed by atoms with Crippen LogP contribution in [0.5, 0.6) is 0 Å². The fourth-order valence-corrected chi connectivity index (χ4v) is 2.97. The van der Waals surface area contributed by atoms with Gasteiger partial charge < -0.3 is 15.1 Å². The second-order valence-electron chi connectivity index (χ2n) is 6.06. The molecule has 0 aromatic rings. The van der Waals surface area contributed by atoms with Gasteiger partial charge in [-0.3, -0.25) is 14.5 Å². The van der Waals surface area contributed by atoms with E-state index in [-0.39, 0.29) is 24.4 Å². The summed E-state index contributed by atoms with van der Waals surface area (Å²) in [5.74, 6) is -0.0815. The van der Waals surface area contributed by atoms with Gasteiger partial charge in [-0.2, -0.15) is 0 Å². The van der Waals surface area contributed by atoms with Crippen molar-refractivity contribution in [3.63, 3.8) is 0 Å². The molecule has 0 spiro atoms. The van der Waals surface area contributed by atoms with E-state index in [1.165, 1.54) is 9.80 Å². The molecule has 7 nitrogen and oxygen atoms in total. The van der Waals surface area contributed by atoms with Crippen molar-refractivity contribution in [1.82, 2.24) is 20.0 Å². The molecule has 118 valence electrons. The number of nitrogens with zero attached hydrogens (tertiary/aromatic N) is 3. The molecule has 0 saturated carbocycles. The van der Waals surface area contributed by atoms with Crippen LogP contribution >= 0.6 is 0 Å². The summed E-state index contributed by atoms with van der Waals surface area (Å²) >= 11 is 0. The Morgan fingerprint density at radius 3 is 2.38 bits per heavy atom. The van der Waals surface area contributed by atoms with Crippen molar-refractivity contribution in [3.05, 3.63) is 0 Å². The van der Waals surface area contributed by atoms with Gasteiger partial charge in [0.15, 0.2) is 0 Å². The van der Waals surface area contributed by atoms with Crippen molar-refractivity contribution in [2.45, 2.75) is 38.8 Å². The third-order valence-electron chi connectivity index (χ3n) is 3.91. The van der Waals surface area contributed by atoms with E-state index in [1.807, 2.05) is 4.90 Å². The van der Waals surface area contributed by atoms with Crippen LogP contribution in [0, 0.1) is 0 Å². The minimum Gasteiger partial charge on any atom is -0.340 e. The van der Waals surface area contributed by atoms with Crippen LogP contribution in [0.2, 0.25) is 0 Å². The van der Waals surface area contributed by atoms with Crippen LogP contribution in [-0.2, 0) is 9.59 Å². The second kappa shape index (κ2) is 6.43. The summed E-state index contributed by atoms with van der Waals surface area (Å²) in [7, 11) is 1.61. The highest BCUT2D eigenvalue weighted by molar-refractivity contribution is 6.01. The molecule has 21 heavy (non-hydrogen) atoms. The maximum Gasteiger partial charge on any atom is 0.326 e. The Morgan fingerprint density at radius 1 is 1.24 bits per heavy atom. The van der Waals surface area contributed by atoms with Crippen LogP contribution in [0.15, 0.2) is 0 Å². The Kier molecular flexibility index (Phi) is 4.82. The van der Waals surface area contributed by atoms with Crippen molar-refractivity contribution in [2.24, 2.45) is 0 Å². The predicted octanol–water partition coefficient (Wildman–Crippen LogP) is -0.131. The highest BCUT2D eigenvalue weighted by Crippen LogP contribution is 2.11. The maximum atomic E-state index is 12.2. The van der Waals surface area contributed by atoms with E-state index >= 15 is 0 Å². The van der Waals surface area contributed by atoms with Crippen molar-refractivity contribution in [2.75, 3.05) is 33.2 Å². The first-order valence-electron chi connectivity index (χ1n) is 7.47. The molecule has 2 atom stereocenters. The third-order valence-corrected chi connectivity index (χ3v) is 3.91. The number of urea groups is 1. The minimum atomic E-state index is -0.267. The van der Waals surface area contributed by atoms with Gasteiger partial charge >= 0.3 is 6.03 Å². The van der Waals surface area contributed by atoms with E-state index in [4.69, 9.17) is 0 Å². The Labute approximate surface area is 125 Å². The molecule has 2 heterocycles. The lowest BCUT2D eigenvalue weighted by molar-refractivity contribution is -0.133. The number of likely N-dealkylation sites (N-methyl/N-ethyl adjacent to an activating group) is 1. The summed E-state index contributed by atoms with van der Waals surface area (Å²) < 4.78 is 0. The van der Waals surface area contributed by atoms with Gasteiger partial charge in [-0.1, -0.05) is 0 Å². The van der Waals surface area contributed by atoms with Gasteiger partial charge in [-0.05, 0) is 20.3 Å². The zero-order chi connectivity index (χ0) is 15.6. The number of piperazine rings is 1. The molecule has 1 N–H and O–H groups in total. The number of rotatable bonds is 4. The fraction of sp³-hybridized carbons (Fsp3) is 0.786. The van der Waals surface area contributed by atoms with Crippen LogP contribution in [0.3, 0.4) is 0 Å². The largest absolute Gasteiger partial charge is 0.340 e. The summed E-state index contributed by atoms with van der Waals surface area (Å²) in [6, 6.07) is 0.332. The van der Waals surface area contributed by atoms with Crippen LogP contribution < -0.4 is 5.32 Å². The first-order chi connectivity index (χ1) is 9.88. The molecule has 0 radical (unpaired) electrons. The molecular formula is C14H24N4O3. The first-order valence-corrected chi connectivity index (χ1v) is 7.47. The predicted molar refractivity (Wildman–Crippen MR) is 77.6 cm³/mol. The molecule has 0 aliphatic carbocycles. The van der Waals surface area contributed by atoms with Gasteiger partial charge in [0.05, 0.1) is 0 Å². The van der Waals surface area contributed by atoms with E-state index in [2.05, 4.69) is 19.2 Å². The average molecular weight is 296 g/mol. The van der Waals surface area contributed by atoms with E-state index in [1.54, 1.807) is 7.05 Å². The van der Waals surface area contributed by atoms with E-state index in [9.17, 15) is 14.4 Å². The highest BCUT2D eigenvalue weighted by Gasteiger charge is 2.33. The minimum absolute atomic E-state index is 0.0997. The molecule has 2 saturated heterocycles.